The molecule has 0 aromatic carbocycles. The summed E-state index contributed by atoms with van der Waals surface area (Å²) >= 11 is 0. The summed E-state index contributed by atoms with van der Waals surface area (Å²) in [6.45, 7) is 2.19. The molecule has 2 rings (SSSR count). The van der Waals surface area contributed by atoms with E-state index in [1.807, 2.05) is 0 Å². The SMILES string of the molecule is CC1=C[C@H]2CCC[C@@H](C1)C2O. The molecular formula is C10H16O. The lowest BCUT2D eigenvalue weighted by Gasteiger charge is -2.37. The largest absolute Gasteiger partial charge is 0.392 e. The number of aliphatic hydroxyl groups excluding tert-OH is 1. The van der Waals surface area contributed by atoms with Gasteiger partial charge in [0.1, 0.15) is 0 Å². The van der Waals surface area contributed by atoms with Crippen LogP contribution in [-0.2, 0) is 0 Å². The van der Waals surface area contributed by atoms with E-state index in [2.05, 4.69) is 13.0 Å². The first-order chi connectivity index (χ1) is 5.27. The van der Waals surface area contributed by atoms with Gasteiger partial charge in [-0.05, 0) is 32.1 Å². The molecule has 0 aromatic rings. The number of fused-ring (bicyclic) bond motifs is 2. The van der Waals surface area contributed by atoms with E-state index in [4.69, 9.17) is 0 Å². The van der Waals surface area contributed by atoms with Crippen molar-refractivity contribution in [1.82, 2.24) is 0 Å². The predicted molar refractivity (Wildman–Crippen MR) is 45.2 cm³/mol. The highest BCUT2D eigenvalue weighted by atomic mass is 16.3. The molecule has 1 unspecified atom stereocenters. The van der Waals surface area contributed by atoms with Gasteiger partial charge in [-0.3, -0.25) is 0 Å². The second kappa shape index (κ2) is 2.63. The first-order valence-corrected chi connectivity index (χ1v) is 4.63. The molecule has 0 saturated heterocycles. The van der Waals surface area contributed by atoms with Gasteiger partial charge in [-0.25, -0.2) is 0 Å². The van der Waals surface area contributed by atoms with E-state index in [-0.39, 0.29) is 6.10 Å². The molecule has 0 radical (unpaired) electrons. The van der Waals surface area contributed by atoms with Crippen LogP contribution in [0.4, 0.5) is 0 Å². The fraction of sp³-hybridized carbons (Fsp3) is 0.800. The topological polar surface area (TPSA) is 20.2 Å². The first kappa shape index (κ1) is 7.35. The van der Waals surface area contributed by atoms with Gasteiger partial charge in [-0.1, -0.05) is 18.1 Å². The average Bonchev–Trinajstić information content (AvgIpc) is 1.92. The minimum absolute atomic E-state index is 0.0209. The molecule has 0 heterocycles. The summed E-state index contributed by atoms with van der Waals surface area (Å²) in [6, 6.07) is 0. The van der Waals surface area contributed by atoms with Crippen molar-refractivity contribution in [3.05, 3.63) is 11.6 Å². The van der Waals surface area contributed by atoms with E-state index in [1.54, 1.807) is 0 Å². The Kier molecular flexibility index (Phi) is 1.76. The minimum Gasteiger partial charge on any atom is -0.392 e. The fourth-order valence-electron chi connectivity index (χ4n) is 2.56. The molecule has 2 bridgehead atoms. The minimum atomic E-state index is -0.0209. The molecule has 62 valence electrons. The lowest BCUT2D eigenvalue weighted by molar-refractivity contribution is 0.0290. The van der Waals surface area contributed by atoms with Gasteiger partial charge in [-0.15, -0.1) is 0 Å². The van der Waals surface area contributed by atoms with Crippen LogP contribution in [0.5, 0.6) is 0 Å². The van der Waals surface area contributed by atoms with Crippen LogP contribution in [-0.4, -0.2) is 11.2 Å². The van der Waals surface area contributed by atoms with E-state index in [9.17, 15) is 5.11 Å². The van der Waals surface area contributed by atoms with Crippen molar-refractivity contribution >= 4 is 0 Å². The van der Waals surface area contributed by atoms with Crippen molar-refractivity contribution in [2.45, 2.75) is 38.7 Å². The molecule has 1 saturated carbocycles. The second-order valence-electron chi connectivity index (χ2n) is 4.06. The molecule has 1 fully saturated rings. The van der Waals surface area contributed by atoms with E-state index in [0.29, 0.717) is 11.8 Å². The van der Waals surface area contributed by atoms with Gasteiger partial charge in [0.15, 0.2) is 0 Å². The summed E-state index contributed by atoms with van der Waals surface area (Å²) in [4.78, 5) is 0. The molecule has 0 spiro atoms. The third-order valence-corrected chi connectivity index (χ3v) is 3.12. The van der Waals surface area contributed by atoms with Crippen molar-refractivity contribution < 1.29 is 5.11 Å². The van der Waals surface area contributed by atoms with Gasteiger partial charge in [0.2, 0.25) is 0 Å². The van der Waals surface area contributed by atoms with Crippen molar-refractivity contribution in [1.29, 1.82) is 0 Å². The second-order valence-corrected chi connectivity index (χ2v) is 4.06. The number of rotatable bonds is 0. The number of hydrogen-bond acceptors (Lipinski definition) is 1. The van der Waals surface area contributed by atoms with Crippen LogP contribution in [0.2, 0.25) is 0 Å². The molecule has 0 aromatic heterocycles. The summed E-state index contributed by atoms with van der Waals surface area (Å²) in [5.41, 5.74) is 1.49. The molecule has 2 aliphatic rings. The molecule has 1 heteroatoms. The Morgan fingerprint density at radius 1 is 1.45 bits per heavy atom. The predicted octanol–water partition coefficient (Wildman–Crippen LogP) is 2.11. The molecule has 0 aliphatic heterocycles. The highest BCUT2D eigenvalue weighted by Crippen LogP contribution is 2.38. The summed E-state index contributed by atoms with van der Waals surface area (Å²) in [5.74, 6) is 1.07. The Hall–Kier alpha value is -0.300. The zero-order valence-electron chi connectivity index (χ0n) is 7.09. The monoisotopic (exact) mass is 152 g/mol. The van der Waals surface area contributed by atoms with E-state index in [0.717, 1.165) is 6.42 Å². The lowest BCUT2D eigenvalue weighted by atomic mass is 9.71. The molecule has 0 amide bonds. The maximum atomic E-state index is 9.76. The quantitative estimate of drug-likeness (QED) is 0.527. The molecule has 11 heavy (non-hydrogen) atoms. The molecule has 3 atom stereocenters. The Morgan fingerprint density at radius 3 is 3.00 bits per heavy atom. The number of allylic oxidation sites excluding steroid dienone is 1. The zero-order chi connectivity index (χ0) is 7.84. The summed E-state index contributed by atoms with van der Waals surface area (Å²) in [6.07, 6.45) is 7.15. The standard InChI is InChI=1S/C10H16O/c1-7-5-8-3-2-4-9(6-7)10(8)11/h5,8-11H,2-4,6H2,1H3/t8-,9+,10?/m1/s1. The zero-order valence-corrected chi connectivity index (χ0v) is 7.09. The van der Waals surface area contributed by atoms with Crippen LogP contribution in [0.25, 0.3) is 0 Å². The molecule has 2 aliphatic carbocycles. The van der Waals surface area contributed by atoms with Gasteiger partial charge in [0.05, 0.1) is 6.10 Å². The highest BCUT2D eigenvalue weighted by Gasteiger charge is 2.33. The Balaban J connectivity index is 2.21. The summed E-state index contributed by atoms with van der Waals surface area (Å²) < 4.78 is 0. The highest BCUT2D eigenvalue weighted by molar-refractivity contribution is 5.11. The third kappa shape index (κ3) is 1.22. The van der Waals surface area contributed by atoms with E-state index >= 15 is 0 Å². The normalized spacial score (nSPS) is 43.5. The summed E-state index contributed by atoms with van der Waals surface area (Å²) in [7, 11) is 0. The van der Waals surface area contributed by atoms with Gasteiger partial charge < -0.3 is 5.11 Å². The van der Waals surface area contributed by atoms with Gasteiger partial charge >= 0.3 is 0 Å². The number of aliphatic hydroxyl groups is 1. The Bertz CT molecular complexity index is 183. The Labute approximate surface area is 68.1 Å². The van der Waals surface area contributed by atoms with Crippen LogP contribution in [0, 0.1) is 11.8 Å². The maximum Gasteiger partial charge on any atom is 0.0634 e. The Morgan fingerprint density at radius 2 is 2.27 bits per heavy atom. The van der Waals surface area contributed by atoms with Crippen molar-refractivity contribution in [3.8, 4) is 0 Å². The van der Waals surface area contributed by atoms with Crippen molar-refractivity contribution in [2.75, 3.05) is 0 Å². The van der Waals surface area contributed by atoms with Crippen LogP contribution in [0.1, 0.15) is 32.6 Å². The van der Waals surface area contributed by atoms with Gasteiger partial charge in [0, 0.05) is 5.92 Å². The van der Waals surface area contributed by atoms with Gasteiger partial charge in [-0.2, -0.15) is 0 Å². The smallest absolute Gasteiger partial charge is 0.0634 e. The van der Waals surface area contributed by atoms with Crippen molar-refractivity contribution in [2.24, 2.45) is 11.8 Å². The molecule has 1 N–H and O–H groups in total. The number of hydrogen-bond donors (Lipinski definition) is 1. The fourth-order valence-corrected chi connectivity index (χ4v) is 2.56. The molecule has 1 nitrogen and oxygen atoms in total. The van der Waals surface area contributed by atoms with Crippen LogP contribution in [0.3, 0.4) is 0 Å². The average molecular weight is 152 g/mol. The molecular weight excluding hydrogens is 136 g/mol. The lowest BCUT2D eigenvalue weighted by Crippen LogP contribution is -2.35. The summed E-state index contributed by atoms with van der Waals surface area (Å²) in [5, 5.41) is 9.76. The van der Waals surface area contributed by atoms with Crippen LogP contribution < -0.4 is 0 Å². The first-order valence-electron chi connectivity index (χ1n) is 4.63. The third-order valence-electron chi connectivity index (χ3n) is 3.12. The van der Waals surface area contributed by atoms with E-state index in [1.165, 1.54) is 24.8 Å². The van der Waals surface area contributed by atoms with Gasteiger partial charge in [0.25, 0.3) is 0 Å². The van der Waals surface area contributed by atoms with Crippen LogP contribution in [0.15, 0.2) is 11.6 Å². The van der Waals surface area contributed by atoms with Crippen molar-refractivity contribution in [3.63, 3.8) is 0 Å². The van der Waals surface area contributed by atoms with E-state index < -0.39 is 0 Å². The maximum absolute atomic E-state index is 9.76. The van der Waals surface area contributed by atoms with Crippen LogP contribution >= 0.6 is 0 Å².